The topological polar surface area (TPSA) is 96.2 Å². The number of hydrogen-bond acceptors (Lipinski definition) is 8. The normalized spacial score (nSPS) is 15.1. The lowest BCUT2D eigenvalue weighted by Gasteiger charge is -2.26. The SMILES string of the molecule is CCCC1=C(C(=O)OCC)[C@H](c2cccc(OC)c2)n2c(s/c(=C/c3ccc(C(=O)OC)cc3)c2=O)=N1. The van der Waals surface area contributed by atoms with Gasteiger partial charge in [0.25, 0.3) is 5.56 Å². The number of fused-ring (bicyclic) bond motifs is 1. The van der Waals surface area contributed by atoms with Gasteiger partial charge < -0.3 is 14.2 Å². The zero-order valence-corrected chi connectivity index (χ0v) is 22.0. The fourth-order valence-corrected chi connectivity index (χ4v) is 5.25. The number of benzene rings is 2. The molecule has 0 spiro atoms. The van der Waals surface area contributed by atoms with Gasteiger partial charge in [-0.05, 0) is 54.8 Å². The second kappa shape index (κ2) is 11.4. The van der Waals surface area contributed by atoms with E-state index in [4.69, 9.17) is 19.2 Å². The molecular weight excluding hydrogens is 492 g/mol. The Balaban J connectivity index is 1.93. The summed E-state index contributed by atoms with van der Waals surface area (Å²) in [7, 11) is 2.90. The van der Waals surface area contributed by atoms with Gasteiger partial charge in [-0.3, -0.25) is 9.36 Å². The number of allylic oxidation sites excluding steroid dienone is 1. The lowest BCUT2D eigenvalue weighted by Crippen LogP contribution is -2.40. The first-order valence-corrected chi connectivity index (χ1v) is 12.8. The number of thiazole rings is 1. The van der Waals surface area contributed by atoms with Gasteiger partial charge in [-0.25, -0.2) is 14.6 Å². The van der Waals surface area contributed by atoms with E-state index in [1.54, 1.807) is 48.9 Å². The Bertz CT molecular complexity index is 1530. The summed E-state index contributed by atoms with van der Waals surface area (Å²) in [5, 5.41) is 0. The monoisotopic (exact) mass is 520 g/mol. The lowest BCUT2D eigenvalue weighted by molar-refractivity contribution is -0.139. The number of carbonyl (C=O) groups is 2. The average molecular weight is 521 g/mol. The highest BCUT2D eigenvalue weighted by Gasteiger charge is 2.34. The Morgan fingerprint density at radius 2 is 1.84 bits per heavy atom. The van der Waals surface area contributed by atoms with Gasteiger partial charge in [0.1, 0.15) is 5.75 Å². The number of hydrogen-bond donors (Lipinski definition) is 0. The van der Waals surface area contributed by atoms with Crippen molar-refractivity contribution in [3.8, 4) is 5.75 Å². The number of methoxy groups -OCH3 is 2. The maximum absolute atomic E-state index is 13.8. The van der Waals surface area contributed by atoms with Gasteiger partial charge in [-0.2, -0.15) is 0 Å². The standard InChI is InChI=1S/C28H28N2O6S/c1-5-8-21-23(27(33)36-6-2)24(19-9-7-10-20(16-19)34-3)30-25(31)22(37-28(30)29-21)15-17-11-13-18(14-12-17)26(32)35-4/h7,9-16,24H,5-6,8H2,1-4H3/b22-15+/t24-/m0/s1. The number of ether oxygens (including phenoxy) is 3. The predicted molar refractivity (Wildman–Crippen MR) is 140 cm³/mol. The highest BCUT2D eigenvalue weighted by molar-refractivity contribution is 7.07. The molecule has 0 bridgehead atoms. The highest BCUT2D eigenvalue weighted by atomic mass is 32.1. The van der Waals surface area contributed by atoms with Gasteiger partial charge in [0.05, 0.1) is 48.2 Å². The lowest BCUT2D eigenvalue weighted by atomic mass is 9.94. The summed E-state index contributed by atoms with van der Waals surface area (Å²) in [6.45, 7) is 3.97. The van der Waals surface area contributed by atoms with E-state index in [2.05, 4.69) is 0 Å². The van der Waals surface area contributed by atoms with Gasteiger partial charge in [0, 0.05) is 0 Å². The van der Waals surface area contributed by atoms with E-state index in [-0.39, 0.29) is 12.2 Å². The molecule has 192 valence electrons. The van der Waals surface area contributed by atoms with Crippen molar-refractivity contribution in [3.63, 3.8) is 0 Å². The molecule has 1 atom stereocenters. The number of rotatable bonds is 8. The average Bonchev–Trinajstić information content (AvgIpc) is 3.22. The van der Waals surface area contributed by atoms with Crippen LogP contribution in [0, 0.1) is 0 Å². The first-order chi connectivity index (χ1) is 17.9. The van der Waals surface area contributed by atoms with Crippen LogP contribution in [-0.2, 0) is 14.3 Å². The highest BCUT2D eigenvalue weighted by Crippen LogP contribution is 2.33. The Morgan fingerprint density at radius 1 is 1.08 bits per heavy atom. The predicted octanol–water partition coefficient (Wildman–Crippen LogP) is 3.37. The minimum Gasteiger partial charge on any atom is -0.497 e. The molecule has 1 aliphatic heterocycles. The van der Waals surface area contributed by atoms with Gasteiger partial charge in [-0.15, -0.1) is 0 Å². The maximum atomic E-state index is 13.8. The van der Waals surface area contributed by atoms with Crippen molar-refractivity contribution in [2.24, 2.45) is 4.99 Å². The summed E-state index contributed by atoms with van der Waals surface area (Å²) < 4.78 is 17.6. The fraction of sp³-hybridized carbons (Fsp3) is 0.286. The van der Waals surface area contributed by atoms with Gasteiger partial charge in [0.15, 0.2) is 4.80 Å². The third-order valence-corrected chi connectivity index (χ3v) is 6.91. The zero-order chi connectivity index (χ0) is 26.5. The first-order valence-electron chi connectivity index (χ1n) is 12.0. The summed E-state index contributed by atoms with van der Waals surface area (Å²) in [5.74, 6) is -0.308. The Hall–Kier alpha value is -3.98. The number of aromatic nitrogens is 1. The minimum absolute atomic E-state index is 0.207. The molecule has 0 unspecified atom stereocenters. The van der Waals surface area contributed by atoms with E-state index in [9.17, 15) is 14.4 Å². The van der Waals surface area contributed by atoms with Crippen molar-refractivity contribution < 1.29 is 23.8 Å². The second-order valence-corrected chi connectivity index (χ2v) is 9.31. The van der Waals surface area contributed by atoms with Crippen molar-refractivity contribution >= 4 is 29.4 Å². The van der Waals surface area contributed by atoms with E-state index >= 15 is 0 Å². The summed E-state index contributed by atoms with van der Waals surface area (Å²) in [6, 6.07) is 13.4. The molecule has 1 aliphatic rings. The Labute approximate surface area is 218 Å². The quantitative estimate of drug-likeness (QED) is 0.423. The number of carbonyl (C=O) groups excluding carboxylic acids is 2. The largest absolute Gasteiger partial charge is 0.497 e. The van der Waals surface area contributed by atoms with Crippen LogP contribution in [0.5, 0.6) is 5.75 Å². The van der Waals surface area contributed by atoms with Crippen molar-refractivity contribution in [3.05, 3.63) is 96.2 Å². The molecule has 1 aromatic heterocycles. The van der Waals surface area contributed by atoms with E-state index in [1.165, 1.54) is 18.4 Å². The molecule has 2 aromatic carbocycles. The van der Waals surface area contributed by atoms with Crippen molar-refractivity contribution in [1.29, 1.82) is 0 Å². The molecule has 0 aliphatic carbocycles. The molecule has 3 aromatic rings. The summed E-state index contributed by atoms with van der Waals surface area (Å²) in [4.78, 5) is 44.0. The second-order valence-electron chi connectivity index (χ2n) is 8.30. The van der Waals surface area contributed by atoms with E-state index in [0.717, 1.165) is 17.5 Å². The minimum atomic E-state index is -0.712. The zero-order valence-electron chi connectivity index (χ0n) is 21.1. The van der Waals surface area contributed by atoms with Crippen LogP contribution in [-0.4, -0.2) is 37.3 Å². The van der Waals surface area contributed by atoms with Crippen LogP contribution in [0.15, 0.2) is 69.6 Å². The molecule has 9 heteroatoms. The van der Waals surface area contributed by atoms with Crippen LogP contribution in [0.25, 0.3) is 6.08 Å². The van der Waals surface area contributed by atoms with Crippen LogP contribution in [0.1, 0.15) is 54.2 Å². The molecule has 0 saturated heterocycles. The fourth-order valence-electron chi connectivity index (χ4n) is 4.23. The van der Waals surface area contributed by atoms with Crippen molar-refractivity contribution in [2.45, 2.75) is 32.7 Å². The van der Waals surface area contributed by atoms with Crippen LogP contribution in [0.4, 0.5) is 0 Å². The molecule has 2 heterocycles. The van der Waals surface area contributed by atoms with Gasteiger partial charge in [-0.1, -0.05) is 48.9 Å². The van der Waals surface area contributed by atoms with Crippen LogP contribution in [0.2, 0.25) is 0 Å². The van der Waals surface area contributed by atoms with Crippen LogP contribution in [0.3, 0.4) is 0 Å². The van der Waals surface area contributed by atoms with Gasteiger partial charge in [0.2, 0.25) is 0 Å². The Kier molecular flexibility index (Phi) is 8.03. The van der Waals surface area contributed by atoms with E-state index < -0.39 is 18.0 Å². The summed E-state index contributed by atoms with van der Waals surface area (Å²) in [5.41, 5.74) is 2.59. The molecule has 0 fully saturated rings. The molecule has 37 heavy (non-hydrogen) atoms. The molecule has 8 nitrogen and oxygen atoms in total. The third kappa shape index (κ3) is 5.27. The molecule has 0 radical (unpaired) electrons. The molecule has 0 N–H and O–H groups in total. The van der Waals surface area contributed by atoms with E-state index in [0.29, 0.717) is 38.3 Å². The smallest absolute Gasteiger partial charge is 0.338 e. The van der Waals surface area contributed by atoms with E-state index in [1.807, 2.05) is 31.2 Å². The summed E-state index contributed by atoms with van der Waals surface area (Å²) in [6.07, 6.45) is 3.09. The van der Waals surface area contributed by atoms with Gasteiger partial charge >= 0.3 is 11.9 Å². The Morgan fingerprint density at radius 3 is 2.49 bits per heavy atom. The maximum Gasteiger partial charge on any atom is 0.338 e. The third-order valence-electron chi connectivity index (χ3n) is 5.93. The number of nitrogens with zero attached hydrogens (tertiary/aromatic N) is 2. The molecular formula is C28H28N2O6S. The molecule has 0 saturated carbocycles. The van der Waals surface area contributed by atoms with Crippen molar-refractivity contribution in [2.75, 3.05) is 20.8 Å². The van der Waals surface area contributed by atoms with Crippen LogP contribution < -0.4 is 19.6 Å². The molecule has 4 rings (SSSR count). The number of esters is 2. The van der Waals surface area contributed by atoms with Crippen molar-refractivity contribution in [1.82, 2.24) is 4.57 Å². The van der Waals surface area contributed by atoms with Crippen LogP contribution >= 0.6 is 11.3 Å². The first kappa shape index (κ1) is 26.1. The summed E-state index contributed by atoms with van der Waals surface area (Å²) >= 11 is 1.26. The molecule has 0 amide bonds.